The summed E-state index contributed by atoms with van der Waals surface area (Å²) in [5.74, 6) is 3.80. The first-order valence-corrected chi connectivity index (χ1v) is 16.0. The van der Waals surface area contributed by atoms with Gasteiger partial charge in [-0.15, -0.1) is 0 Å². The van der Waals surface area contributed by atoms with Gasteiger partial charge in [0.15, 0.2) is 23.0 Å². The van der Waals surface area contributed by atoms with Crippen LogP contribution in [0.2, 0.25) is 0 Å². The maximum absolute atomic E-state index is 11.7. The van der Waals surface area contributed by atoms with Crippen LogP contribution in [0.3, 0.4) is 0 Å². The van der Waals surface area contributed by atoms with Crippen molar-refractivity contribution >= 4 is 0 Å². The van der Waals surface area contributed by atoms with E-state index in [0.717, 1.165) is 72.3 Å². The molecule has 0 amide bonds. The Kier molecular flexibility index (Phi) is 8.17. The van der Waals surface area contributed by atoms with Gasteiger partial charge in [-0.1, -0.05) is 36.4 Å². The zero-order valence-corrected chi connectivity index (χ0v) is 27.3. The van der Waals surface area contributed by atoms with Crippen LogP contribution in [0.15, 0.2) is 60.7 Å². The van der Waals surface area contributed by atoms with E-state index in [1.807, 2.05) is 18.2 Å². The summed E-state index contributed by atoms with van der Waals surface area (Å²) in [6.45, 7) is 2.12. The molecule has 10 rings (SSSR count). The molecule has 0 fully saturated rings. The van der Waals surface area contributed by atoms with Crippen molar-refractivity contribution in [3.8, 4) is 40.2 Å². The molecule has 8 heteroatoms. The Morgan fingerprint density at radius 1 is 0.674 bits per heavy atom. The number of nitrogens with zero attached hydrogens (tertiary/aromatic N) is 2. The monoisotopic (exact) mass is 622 g/mol. The molecule has 4 aromatic rings. The van der Waals surface area contributed by atoms with Gasteiger partial charge in [0.2, 0.25) is 11.5 Å². The summed E-state index contributed by atoms with van der Waals surface area (Å²) in [6.07, 6.45) is 3.23. The molecule has 8 nitrogen and oxygen atoms in total. The number of likely N-dealkylation sites (N-methyl/N-ethyl adjacent to an activating group) is 2. The molecule has 0 saturated carbocycles. The van der Waals surface area contributed by atoms with Crippen molar-refractivity contribution in [3.05, 3.63) is 99.6 Å². The minimum atomic E-state index is -0.0320. The van der Waals surface area contributed by atoms with E-state index in [4.69, 9.17) is 23.7 Å². The number of rotatable bonds is 3. The summed E-state index contributed by atoms with van der Waals surface area (Å²) in [6, 6.07) is 21.0. The summed E-state index contributed by atoms with van der Waals surface area (Å²) in [5.41, 5.74) is 7.69. The molecule has 1 N–H and O–H groups in total. The van der Waals surface area contributed by atoms with Gasteiger partial charge in [0, 0.05) is 36.3 Å². The fourth-order valence-electron chi connectivity index (χ4n) is 7.31. The van der Waals surface area contributed by atoms with Crippen LogP contribution in [0, 0.1) is 0 Å². The van der Waals surface area contributed by atoms with Gasteiger partial charge in [0.1, 0.15) is 12.4 Å². The third kappa shape index (κ3) is 5.39. The van der Waals surface area contributed by atoms with Crippen LogP contribution in [0.5, 0.6) is 40.2 Å². The smallest absolute Gasteiger partial charge is 0.204 e. The highest BCUT2D eigenvalue weighted by atomic mass is 16.5. The molecule has 4 aromatic carbocycles. The van der Waals surface area contributed by atoms with Gasteiger partial charge in [0.05, 0.1) is 21.3 Å². The minimum Gasteiger partial charge on any atom is -0.504 e. The average Bonchev–Trinajstić information content (AvgIpc) is 3.07. The fraction of sp³-hybridized carbons (Fsp3) is 0.368. The van der Waals surface area contributed by atoms with Crippen molar-refractivity contribution in [3.63, 3.8) is 0 Å². The molecule has 2 atom stereocenters. The lowest BCUT2D eigenvalue weighted by atomic mass is 9.87. The third-order valence-electron chi connectivity index (χ3n) is 9.92. The van der Waals surface area contributed by atoms with E-state index in [9.17, 15) is 5.11 Å². The Morgan fingerprint density at radius 3 is 1.83 bits per heavy atom. The largest absolute Gasteiger partial charge is 0.504 e. The maximum atomic E-state index is 11.7. The Labute approximate surface area is 271 Å². The van der Waals surface area contributed by atoms with Crippen molar-refractivity contribution < 1.29 is 28.8 Å². The maximum Gasteiger partial charge on any atom is 0.204 e. The van der Waals surface area contributed by atoms with Gasteiger partial charge in [-0.25, -0.2) is 0 Å². The van der Waals surface area contributed by atoms with E-state index in [-0.39, 0.29) is 17.8 Å². The molecule has 6 heterocycles. The molecule has 0 aliphatic carbocycles. The molecule has 46 heavy (non-hydrogen) atoms. The van der Waals surface area contributed by atoms with Crippen LogP contribution in [-0.4, -0.2) is 63.4 Å². The van der Waals surface area contributed by atoms with Crippen molar-refractivity contribution in [1.29, 1.82) is 0 Å². The van der Waals surface area contributed by atoms with E-state index in [1.165, 1.54) is 11.1 Å². The molecule has 0 saturated heterocycles. The molecular weight excluding hydrogens is 580 g/mol. The van der Waals surface area contributed by atoms with Crippen LogP contribution in [0.1, 0.15) is 51.0 Å². The Bertz CT molecular complexity index is 1740. The molecular formula is C38H42N2O6. The van der Waals surface area contributed by atoms with E-state index >= 15 is 0 Å². The lowest BCUT2D eigenvalue weighted by Gasteiger charge is -2.37. The zero-order chi connectivity index (χ0) is 31.9. The van der Waals surface area contributed by atoms with Crippen LogP contribution >= 0.6 is 0 Å². The SMILES string of the molecule is COc1cc2c3c(O)c1OCc1ccc(cc1)C[C@H]1c4c(cc(OC)c(OC)c4Oc4ccc(cc4)C[C@@H]3N(C)CC2)CCN1C. The van der Waals surface area contributed by atoms with Gasteiger partial charge >= 0.3 is 0 Å². The number of hydrogen-bond acceptors (Lipinski definition) is 8. The number of methoxy groups -OCH3 is 3. The van der Waals surface area contributed by atoms with Crippen molar-refractivity contribution in [2.75, 3.05) is 48.5 Å². The standard InChI is InChI=1S/C38H42N2O6/c1-39-16-14-26-20-31(42-3)36-35(41)33(26)29(39)18-24-10-12-28(13-11-24)46-38-34-27(21-32(43-4)37(38)44-5)15-17-40(2)30(34)19-23-6-8-25(9-7-23)22-45-36/h6-13,20-21,29-30,41H,14-19,22H2,1-5H3/t29-,30-/m0/s1. The van der Waals surface area contributed by atoms with Crippen LogP contribution in [-0.2, 0) is 32.3 Å². The van der Waals surface area contributed by atoms with Crippen molar-refractivity contribution in [2.45, 2.75) is 44.4 Å². The van der Waals surface area contributed by atoms with Gasteiger partial charge < -0.3 is 28.8 Å². The topological polar surface area (TPSA) is 72.9 Å². The number of aromatic hydroxyl groups is 1. The average molecular weight is 623 g/mol. The predicted molar refractivity (Wildman–Crippen MR) is 177 cm³/mol. The first-order valence-electron chi connectivity index (χ1n) is 16.0. The number of phenols is 1. The molecule has 0 aromatic heterocycles. The van der Waals surface area contributed by atoms with Crippen LogP contribution in [0.25, 0.3) is 0 Å². The van der Waals surface area contributed by atoms with E-state index in [2.05, 4.69) is 66.4 Å². The summed E-state index contributed by atoms with van der Waals surface area (Å²) >= 11 is 0. The second-order valence-electron chi connectivity index (χ2n) is 12.6. The van der Waals surface area contributed by atoms with Gasteiger partial charge in [-0.05, 0) is 91.9 Å². The molecule has 0 unspecified atom stereocenters. The second kappa shape index (κ2) is 12.4. The summed E-state index contributed by atoms with van der Waals surface area (Å²) in [7, 11) is 9.25. The normalized spacial score (nSPS) is 19.5. The summed E-state index contributed by atoms with van der Waals surface area (Å²) in [4.78, 5) is 4.70. The van der Waals surface area contributed by atoms with E-state index in [0.29, 0.717) is 35.4 Å². The molecule has 240 valence electrons. The highest BCUT2D eigenvalue weighted by molar-refractivity contribution is 5.63. The van der Waals surface area contributed by atoms with Gasteiger partial charge in [-0.2, -0.15) is 0 Å². The molecule has 0 spiro atoms. The second-order valence-corrected chi connectivity index (χ2v) is 12.6. The lowest BCUT2D eigenvalue weighted by Crippen LogP contribution is -2.34. The number of benzene rings is 4. The fourth-order valence-corrected chi connectivity index (χ4v) is 7.31. The quantitative estimate of drug-likeness (QED) is 0.273. The van der Waals surface area contributed by atoms with Crippen molar-refractivity contribution in [1.82, 2.24) is 9.80 Å². The Balaban J connectivity index is 1.37. The minimum absolute atomic E-state index is 0.0320. The Morgan fingerprint density at radius 2 is 1.22 bits per heavy atom. The van der Waals surface area contributed by atoms with E-state index in [1.54, 1.807) is 21.3 Å². The van der Waals surface area contributed by atoms with Gasteiger partial charge in [0.25, 0.3) is 0 Å². The molecule has 0 radical (unpaired) electrons. The molecule has 6 bridgehead atoms. The molecule has 6 aliphatic heterocycles. The van der Waals surface area contributed by atoms with Gasteiger partial charge in [-0.3, -0.25) is 9.80 Å². The van der Waals surface area contributed by atoms with E-state index < -0.39 is 0 Å². The van der Waals surface area contributed by atoms with Crippen molar-refractivity contribution in [2.24, 2.45) is 0 Å². The molecule has 6 aliphatic rings. The van der Waals surface area contributed by atoms with Crippen LogP contribution in [0.4, 0.5) is 0 Å². The first kappa shape index (κ1) is 30.3. The highest BCUT2D eigenvalue weighted by Crippen LogP contribution is 2.51. The third-order valence-corrected chi connectivity index (χ3v) is 9.92. The predicted octanol–water partition coefficient (Wildman–Crippen LogP) is 6.65. The highest BCUT2D eigenvalue weighted by Gasteiger charge is 2.34. The zero-order valence-electron chi connectivity index (χ0n) is 27.3. The summed E-state index contributed by atoms with van der Waals surface area (Å²) in [5, 5.41) is 11.7. The Hall–Kier alpha value is -4.40. The lowest BCUT2D eigenvalue weighted by molar-refractivity contribution is 0.216. The van der Waals surface area contributed by atoms with Crippen LogP contribution < -0.4 is 23.7 Å². The summed E-state index contributed by atoms with van der Waals surface area (Å²) < 4.78 is 30.5. The number of phenolic OH excluding ortho intramolecular Hbond substituents is 1. The first-order chi connectivity index (χ1) is 22.4. The number of ether oxygens (including phenoxy) is 5. The number of hydrogen-bond donors (Lipinski definition) is 1.